The topological polar surface area (TPSA) is 103 Å². The third kappa shape index (κ3) is 4.72. The summed E-state index contributed by atoms with van der Waals surface area (Å²) < 4.78 is 55.8. The Balaban J connectivity index is 1.93. The lowest BCUT2D eigenvalue weighted by molar-refractivity contribution is 0.00350. The predicted octanol–water partition coefficient (Wildman–Crippen LogP) is 3.83. The fourth-order valence-electron chi connectivity index (χ4n) is 3.35. The summed E-state index contributed by atoms with van der Waals surface area (Å²) in [7, 11) is 0. The molecule has 1 aliphatic carbocycles. The van der Waals surface area contributed by atoms with Gasteiger partial charge in [-0.2, -0.15) is 13.9 Å². The van der Waals surface area contributed by atoms with Crippen molar-refractivity contribution in [2.45, 2.75) is 44.6 Å². The molecule has 3 N–H and O–H groups in total. The lowest BCUT2D eigenvalue weighted by Gasteiger charge is -2.13. The first-order valence-corrected chi connectivity index (χ1v) is 9.35. The summed E-state index contributed by atoms with van der Waals surface area (Å²) in [5.41, 5.74) is 3.92. The molecule has 0 radical (unpaired) electrons. The zero-order chi connectivity index (χ0) is 22.3. The number of carbonyl (C=O) groups excluding carboxylic acids is 2. The van der Waals surface area contributed by atoms with Gasteiger partial charge in [0.2, 0.25) is 5.92 Å². The number of nitrogens with two attached hydrogens (primary N) is 1. The maximum atomic E-state index is 13.9. The Labute approximate surface area is 173 Å². The van der Waals surface area contributed by atoms with E-state index < -0.39 is 46.7 Å². The van der Waals surface area contributed by atoms with Crippen LogP contribution in [0, 0.1) is 5.92 Å². The molecular formula is C18H18ClF4N5O2. The molecule has 2 heterocycles. The van der Waals surface area contributed by atoms with E-state index >= 15 is 0 Å². The SMILES string of the molecule is CC(F)(F)c1nn(C[C@H]2CCC(F)(F)C2)c(C(=O)Nc2ccnc(C(N)=O)c2)c1Cl. The molecule has 0 aliphatic heterocycles. The van der Waals surface area contributed by atoms with Crippen molar-refractivity contribution in [2.24, 2.45) is 11.7 Å². The molecule has 0 aromatic carbocycles. The number of primary amides is 1. The maximum absolute atomic E-state index is 13.9. The van der Waals surface area contributed by atoms with Crippen LogP contribution in [0.3, 0.4) is 0 Å². The largest absolute Gasteiger partial charge is 0.364 e. The molecule has 2 amide bonds. The van der Waals surface area contributed by atoms with Gasteiger partial charge < -0.3 is 11.1 Å². The standard InChI is InChI=1S/C18H18ClF4N5O2/c1-17(20,21)14-12(19)13(28(27-14)8-9-2-4-18(22,23)7-9)16(30)26-10-3-5-25-11(6-10)15(24)29/h3,5-6,9H,2,4,7-8H2,1H3,(H2,24,29)(H,25,26,30)/t9-/m0/s1. The molecule has 1 atom stereocenters. The molecule has 0 bridgehead atoms. The van der Waals surface area contributed by atoms with Gasteiger partial charge in [0.1, 0.15) is 16.4 Å². The first-order chi connectivity index (χ1) is 13.9. The Morgan fingerprint density at radius 2 is 2.13 bits per heavy atom. The van der Waals surface area contributed by atoms with Gasteiger partial charge in [0.25, 0.3) is 17.7 Å². The Kier molecular flexibility index (Phi) is 5.76. The molecule has 30 heavy (non-hydrogen) atoms. The van der Waals surface area contributed by atoms with Gasteiger partial charge in [-0.05, 0) is 24.5 Å². The normalized spacial score (nSPS) is 18.4. The molecule has 0 saturated heterocycles. The van der Waals surface area contributed by atoms with Gasteiger partial charge in [-0.3, -0.25) is 19.3 Å². The number of anilines is 1. The van der Waals surface area contributed by atoms with Crippen molar-refractivity contribution in [3.8, 4) is 0 Å². The highest BCUT2D eigenvalue weighted by Crippen LogP contribution is 2.41. The Bertz CT molecular complexity index is 989. The Morgan fingerprint density at radius 3 is 2.70 bits per heavy atom. The highest BCUT2D eigenvalue weighted by molar-refractivity contribution is 6.34. The number of nitrogens with zero attached hydrogens (tertiary/aromatic N) is 3. The van der Waals surface area contributed by atoms with Gasteiger partial charge in [-0.1, -0.05) is 11.6 Å². The average molecular weight is 448 g/mol. The van der Waals surface area contributed by atoms with Crippen molar-refractivity contribution >= 4 is 29.1 Å². The van der Waals surface area contributed by atoms with Crippen molar-refractivity contribution in [1.82, 2.24) is 14.8 Å². The number of halogens is 5. The summed E-state index contributed by atoms with van der Waals surface area (Å²) in [6.45, 7) is 0.399. The molecule has 1 saturated carbocycles. The van der Waals surface area contributed by atoms with Crippen molar-refractivity contribution in [3.63, 3.8) is 0 Å². The van der Waals surface area contributed by atoms with Crippen molar-refractivity contribution < 1.29 is 27.2 Å². The third-order valence-corrected chi connectivity index (χ3v) is 5.09. The molecule has 7 nitrogen and oxygen atoms in total. The fourth-order valence-corrected chi connectivity index (χ4v) is 3.73. The molecule has 0 spiro atoms. The van der Waals surface area contributed by atoms with E-state index in [2.05, 4.69) is 15.4 Å². The number of rotatable bonds is 6. The minimum absolute atomic E-state index is 0.116. The van der Waals surface area contributed by atoms with Crippen LogP contribution >= 0.6 is 11.6 Å². The molecule has 2 aromatic rings. The summed E-state index contributed by atoms with van der Waals surface area (Å²) in [5.74, 6) is -8.57. The molecule has 2 aromatic heterocycles. The minimum atomic E-state index is -3.45. The second kappa shape index (κ2) is 7.86. The highest BCUT2D eigenvalue weighted by atomic mass is 35.5. The van der Waals surface area contributed by atoms with E-state index in [1.165, 1.54) is 18.3 Å². The van der Waals surface area contributed by atoms with Gasteiger partial charge in [-0.25, -0.2) is 8.78 Å². The smallest absolute Gasteiger partial charge is 0.290 e. The number of nitrogens with one attached hydrogen (secondary N) is 1. The van der Waals surface area contributed by atoms with Crippen LogP contribution < -0.4 is 11.1 Å². The third-order valence-electron chi connectivity index (χ3n) is 4.73. The van der Waals surface area contributed by atoms with Crippen molar-refractivity contribution in [1.29, 1.82) is 0 Å². The first kappa shape index (κ1) is 22.0. The minimum Gasteiger partial charge on any atom is -0.364 e. The van der Waals surface area contributed by atoms with Crippen LogP contribution in [-0.4, -0.2) is 32.5 Å². The molecule has 12 heteroatoms. The van der Waals surface area contributed by atoms with E-state index in [4.69, 9.17) is 17.3 Å². The van der Waals surface area contributed by atoms with Crippen LogP contribution in [0.5, 0.6) is 0 Å². The quantitative estimate of drug-likeness (QED) is 0.657. The lowest BCUT2D eigenvalue weighted by Crippen LogP contribution is -2.22. The fraction of sp³-hybridized carbons (Fsp3) is 0.444. The predicted molar refractivity (Wildman–Crippen MR) is 99.8 cm³/mol. The zero-order valence-corrected chi connectivity index (χ0v) is 16.5. The number of aromatic nitrogens is 3. The summed E-state index contributed by atoms with van der Waals surface area (Å²) in [5, 5.41) is 5.58. The van der Waals surface area contributed by atoms with Crippen molar-refractivity contribution in [2.75, 3.05) is 5.32 Å². The monoisotopic (exact) mass is 447 g/mol. The molecule has 1 fully saturated rings. The number of hydrogen-bond acceptors (Lipinski definition) is 4. The van der Waals surface area contributed by atoms with Crippen LogP contribution in [0.1, 0.15) is 52.9 Å². The number of hydrogen-bond donors (Lipinski definition) is 2. The second-order valence-corrected chi connectivity index (χ2v) is 7.67. The summed E-state index contributed by atoms with van der Waals surface area (Å²) >= 11 is 6.04. The summed E-state index contributed by atoms with van der Waals surface area (Å²) in [4.78, 5) is 27.8. The van der Waals surface area contributed by atoms with Gasteiger partial charge in [0.15, 0.2) is 5.69 Å². The number of pyridine rings is 1. The zero-order valence-electron chi connectivity index (χ0n) is 15.8. The van der Waals surface area contributed by atoms with E-state index in [9.17, 15) is 27.2 Å². The molecular weight excluding hydrogens is 430 g/mol. The van der Waals surface area contributed by atoms with Gasteiger partial charge in [0.05, 0.1) is 0 Å². The van der Waals surface area contributed by atoms with Gasteiger partial charge in [0, 0.05) is 38.2 Å². The van der Waals surface area contributed by atoms with Gasteiger partial charge in [-0.15, -0.1) is 0 Å². The lowest BCUT2D eigenvalue weighted by atomic mass is 10.1. The Hall–Kier alpha value is -2.69. The van der Waals surface area contributed by atoms with Gasteiger partial charge >= 0.3 is 0 Å². The van der Waals surface area contributed by atoms with E-state index in [0.29, 0.717) is 6.92 Å². The number of amides is 2. The molecule has 1 aliphatic rings. The number of alkyl halides is 4. The van der Waals surface area contributed by atoms with Crippen molar-refractivity contribution in [3.05, 3.63) is 40.4 Å². The number of carbonyl (C=O) groups is 2. The van der Waals surface area contributed by atoms with Crippen LogP contribution in [0.25, 0.3) is 0 Å². The molecule has 3 rings (SSSR count). The van der Waals surface area contributed by atoms with Crippen LogP contribution in [-0.2, 0) is 12.5 Å². The molecule has 162 valence electrons. The van der Waals surface area contributed by atoms with Crippen LogP contribution in [0.4, 0.5) is 23.2 Å². The van der Waals surface area contributed by atoms with E-state index in [1.54, 1.807) is 0 Å². The van der Waals surface area contributed by atoms with E-state index in [-0.39, 0.29) is 36.5 Å². The highest BCUT2D eigenvalue weighted by Gasteiger charge is 2.41. The average Bonchev–Trinajstić information content (AvgIpc) is 3.14. The van der Waals surface area contributed by atoms with Crippen LogP contribution in [0.2, 0.25) is 5.02 Å². The van der Waals surface area contributed by atoms with E-state index in [0.717, 1.165) is 4.68 Å². The molecule has 0 unspecified atom stereocenters. The Morgan fingerprint density at radius 1 is 1.43 bits per heavy atom. The maximum Gasteiger partial charge on any atom is 0.290 e. The summed E-state index contributed by atoms with van der Waals surface area (Å²) in [6, 6.07) is 2.55. The summed E-state index contributed by atoms with van der Waals surface area (Å²) in [6.07, 6.45) is 0.629. The van der Waals surface area contributed by atoms with E-state index in [1.807, 2.05) is 0 Å². The van der Waals surface area contributed by atoms with Crippen LogP contribution in [0.15, 0.2) is 18.3 Å². The second-order valence-electron chi connectivity index (χ2n) is 7.29. The first-order valence-electron chi connectivity index (χ1n) is 8.97.